The van der Waals surface area contributed by atoms with Crippen LogP contribution in [0.25, 0.3) is 0 Å². The van der Waals surface area contributed by atoms with Crippen LogP contribution < -0.4 is 5.73 Å². The SMILES string of the molecule is CCC(CN)C(C)(O)CC(OC)OC. The van der Waals surface area contributed by atoms with Gasteiger partial charge in [-0.1, -0.05) is 6.92 Å². The Morgan fingerprint density at radius 3 is 2.14 bits per heavy atom. The highest BCUT2D eigenvalue weighted by Crippen LogP contribution is 2.25. The Balaban J connectivity index is 4.28. The molecule has 0 rings (SSSR count). The molecule has 0 spiro atoms. The average molecular weight is 205 g/mol. The number of rotatable bonds is 7. The van der Waals surface area contributed by atoms with Crippen molar-refractivity contribution >= 4 is 0 Å². The fourth-order valence-electron chi connectivity index (χ4n) is 1.63. The number of ether oxygens (including phenoxy) is 2. The van der Waals surface area contributed by atoms with Crippen molar-refractivity contribution < 1.29 is 14.6 Å². The number of nitrogens with two attached hydrogens (primary N) is 1. The van der Waals surface area contributed by atoms with Gasteiger partial charge in [0.25, 0.3) is 0 Å². The van der Waals surface area contributed by atoms with Gasteiger partial charge in [-0.05, 0) is 25.8 Å². The molecule has 0 aromatic heterocycles. The molecule has 0 aliphatic carbocycles. The summed E-state index contributed by atoms with van der Waals surface area (Å²) in [5, 5.41) is 10.2. The van der Waals surface area contributed by atoms with Crippen LogP contribution in [0.4, 0.5) is 0 Å². The minimum atomic E-state index is -0.833. The van der Waals surface area contributed by atoms with E-state index in [1.54, 1.807) is 21.1 Å². The zero-order chi connectivity index (χ0) is 11.2. The van der Waals surface area contributed by atoms with E-state index in [1.165, 1.54) is 0 Å². The lowest BCUT2D eigenvalue weighted by Gasteiger charge is -2.33. The summed E-state index contributed by atoms with van der Waals surface area (Å²) < 4.78 is 10.1. The van der Waals surface area contributed by atoms with Crippen LogP contribution in [0.1, 0.15) is 26.7 Å². The normalized spacial score (nSPS) is 18.2. The smallest absolute Gasteiger partial charge is 0.159 e. The predicted octanol–water partition coefficient (Wildman–Crippen LogP) is 0.731. The van der Waals surface area contributed by atoms with E-state index in [0.717, 1.165) is 6.42 Å². The van der Waals surface area contributed by atoms with Crippen LogP contribution in [0, 0.1) is 5.92 Å². The molecule has 2 unspecified atom stereocenters. The maximum atomic E-state index is 10.2. The summed E-state index contributed by atoms with van der Waals surface area (Å²) in [6.45, 7) is 4.27. The first-order valence-electron chi connectivity index (χ1n) is 4.99. The number of methoxy groups -OCH3 is 2. The highest BCUT2D eigenvalue weighted by Gasteiger charge is 2.32. The Morgan fingerprint density at radius 2 is 1.86 bits per heavy atom. The summed E-state index contributed by atoms with van der Waals surface area (Å²) in [7, 11) is 3.13. The number of hydrogen-bond acceptors (Lipinski definition) is 4. The van der Waals surface area contributed by atoms with E-state index in [0.29, 0.717) is 13.0 Å². The van der Waals surface area contributed by atoms with Gasteiger partial charge in [0.05, 0.1) is 5.60 Å². The van der Waals surface area contributed by atoms with Crippen LogP contribution in [0.3, 0.4) is 0 Å². The molecule has 0 bridgehead atoms. The van der Waals surface area contributed by atoms with Crippen LogP contribution in [-0.4, -0.2) is 37.8 Å². The highest BCUT2D eigenvalue weighted by molar-refractivity contribution is 4.82. The van der Waals surface area contributed by atoms with Crippen molar-refractivity contribution in [3.8, 4) is 0 Å². The van der Waals surface area contributed by atoms with Crippen molar-refractivity contribution in [1.82, 2.24) is 0 Å². The summed E-state index contributed by atoms with van der Waals surface area (Å²) >= 11 is 0. The molecular weight excluding hydrogens is 182 g/mol. The van der Waals surface area contributed by atoms with Gasteiger partial charge < -0.3 is 20.3 Å². The topological polar surface area (TPSA) is 64.7 Å². The third-order valence-electron chi connectivity index (χ3n) is 2.76. The van der Waals surface area contributed by atoms with Gasteiger partial charge in [0.2, 0.25) is 0 Å². The van der Waals surface area contributed by atoms with Gasteiger partial charge in [0.1, 0.15) is 0 Å². The van der Waals surface area contributed by atoms with E-state index in [2.05, 4.69) is 0 Å². The van der Waals surface area contributed by atoms with Crippen LogP contribution in [-0.2, 0) is 9.47 Å². The fraction of sp³-hybridized carbons (Fsp3) is 1.00. The van der Waals surface area contributed by atoms with Gasteiger partial charge in [-0.15, -0.1) is 0 Å². The lowest BCUT2D eigenvalue weighted by Crippen LogP contribution is -2.42. The molecule has 0 saturated carbocycles. The van der Waals surface area contributed by atoms with Gasteiger partial charge in [-0.3, -0.25) is 0 Å². The fourth-order valence-corrected chi connectivity index (χ4v) is 1.63. The molecule has 2 atom stereocenters. The maximum absolute atomic E-state index is 10.2. The van der Waals surface area contributed by atoms with Crippen LogP contribution in [0.5, 0.6) is 0 Å². The Hall–Kier alpha value is -0.160. The maximum Gasteiger partial charge on any atom is 0.159 e. The molecule has 0 fully saturated rings. The summed E-state index contributed by atoms with van der Waals surface area (Å²) in [6.07, 6.45) is 0.921. The average Bonchev–Trinajstić information content (AvgIpc) is 2.15. The zero-order valence-corrected chi connectivity index (χ0v) is 9.62. The molecule has 0 heterocycles. The molecule has 3 N–H and O–H groups in total. The molecule has 0 aromatic rings. The van der Waals surface area contributed by atoms with Crippen molar-refractivity contribution in [3.63, 3.8) is 0 Å². The molecule has 0 aliphatic rings. The van der Waals surface area contributed by atoms with Crippen LogP contribution >= 0.6 is 0 Å². The third kappa shape index (κ3) is 3.92. The number of aliphatic hydroxyl groups is 1. The van der Waals surface area contributed by atoms with E-state index in [1.807, 2.05) is 6.92 Å². The minimum Gasteiger partial charge on any atom is -0.390 e. The van der Waals surface area contributed by atoms with Crippen molar-refractivity contribution in [3.05, 3.63) is 0 Å². The summed E-state index contributed by atoms with van der Waals surface area (Å²) in [4.78, 5) is 0. The molecule has 0 aromatic carbocycles. The Labute approximate surface area is 86.4 Å². The lowest BCUT2D eigenvalue weighted by atomic mass is 9.84. The van der Waals surface area contributed by atoms with Gasteiger partial charge in [-0.25, -0.2) is 0 Å². The van der Waals surface area contributed by atoms with E-state index < -0.39 is 5.60 Å². The molecule has 4 heteroatoms. The van der Waals surface area contributed by atoms with E-state index in [9.17, 15) is 5.11 Å². The van der Waals surface area contributed by atoms with Gasteiger partial charge in [-0.2, -0.15) is 0 Å². The second-order valence-corrected chi connectivity index (χ2v) is 3.80. The second-order valence-electron chi connectivity index (χ2n) is 3.80. The Bertz CT molecular complexity index is 142. The Morgan fingerprint density at radius 1 is 1.36 bits per heavy atom. The molecule has 0 radical (unpaired) electrons. The standard InChI is InChI=1S/C10H23NO3/c1-5-8(7-11)10(2,12)6-9(13-3)14-4/h8-9,12H,5-7,11H2,1-4H3. The van der Waals surface area contributed by atoms with Gasteiger partial charge in [0, 0.05) is 20.6 Å². The first-order valence-corrected chi connectivity index (χ1v) is 4.99. The highest BCUT2D eigenvalue weighted by atomic mass is 16.7. The minimum absolute atomic E-state index is 0.0790. The van der Waals surface area contributed by atoms with E-state index in [4.69, 9.17) is 15.2 Å². The van der Waals surface area contributed by atoms with Crippen molar-refractivity contribution in [2.45, 2.75) is 38.6 Å². The molecule has 0 amide bonds. The summed E-state index contributed by atoms with van der Waals surface area (Å²) in [5.74, 6) is 0.0790. The predicted molar refractivity (Wildman–Crippen MR) is 55.9 cm³/mol. The van der Waals surface area contributed by atoms with Crippen molar-refractivity contribution in [2.75, 3.05) is 20.8 Å². The largest absolute Gasteiger partial charge is 0.390 e. The van der Waals surface area contributed by atoms with E-state index in [-0.39, 0.29) is 12.2 Å². The molecular formula is C10H23NO3. The first kappa shape index (κ1) is 13.8. The van der Waals surface area contributed by atoms with Crippen LogP contribution in [0.2, 0.25) is 0 Å². The monoisotopic (exact) mass is 205 g/mol. The summed E-state index contributed by atoms with van der Waals surface area (Å²) in [5.41, 5.74) is 4.75. The zero-order valence-electron chi connectivity index (χ0n) is 9.62. The molecule has 4 nitrogen and oxygen atoms in total. The molecule has 14 heavy (non-hydrogen) atoms. The molecule has 86 valence electrons. The van der Waals surface area contributed by atoms with Crippen molar-refractivity contribution in [2.24, 2.45) is 11.7 Å². The van der Waals surface area contributed by atoms with Gasteiger partial charge >= 0.3 is 0 Å². The van der Waals surface area contributed by atoms with Crippen molar-refractivity contribution in [1.29, 1.82) is 0 Å². The lowest BCUT2D eigenvalue weighted by molar-refractivity contribution is -0.151. The van der Waals surface area contributed by atoms with Gasteiger partial charge in [0.15, 0.2) is 6.29 Å². The third-order valence-corrected chi connectivity index (χ3v) is 2.76. The molecule has 0 saturated heterocycles. The first-order chi connectivity index (χ1) is 6.51. The number of hydrogen-bond donors (Lipinski definition) is 2. The summed E-state index contributed by atoms with van der Waals surface area (Å²) in [6, 6.07) is 0. The second kappa shape index (κ2) is 6.35. The molecule has 0 aliphatic heterocycles. The Kier molecular flexibility index (Phi) is 6.27. The quantitative estimate of drug-likeness (QED) is 0.601. The van der Waals surface area contributed by atoms with Crippen LogP contribution in [0.15, 0.2) is 0 Å². The van der Waals surface area contributed by atoms with E-state index >= 15 is 0 Å².